The third-order valence-corrected chi connectivity index (χ3v) is 44.0. The zero-order valence-corrected chi connectivity index (χ0v) is 85.9. The summed E-state index contributed by atoms with van der Waals surface area (Å²) in [5.41, 5.74) is 5.62. The van der Waals surface area contributed by atoms with Gasteiger partial charge in [-0.25, -0.2) is 31.5 Å². The van der Waals surface area contributed by atoms with Gasteiger partial charge in [0, 0.05) is 131 Å². The number of carbonyl (C=O) groups is 8. The number of hydrogen-bond acceptors (Lipinski definition) is 14. The van der Waals surface area contributed by atoms with Crippen molar-refractivity contribution in [1.82, 2.24) is 39.9 Å². The Morgan fingerprint density at radius 3 is 0.915 bits per heavy atom. The van der Waals surface area contributed by atoms with Crippen LogP contribution in [0.2, 0.25) is 0 Å². The van der Waals surface area contributed by atoms with Gasteiger partial charge in [-0.2, -0.15) is 0 Å². The van der Waals surface area contributed by atoms with E-state index in [4.69, 9.17) is 9.47 Å². The molecule has 5 aromatic rings. The summed E-state index contributed by atoms with van der Waals surface area (Å²) in [4.78, 5) is 111. The van der Waals surface area contributed by atoms with E-state index >= 15 is 0 Å². The smallest absolute Gasteiger partial charge is 0.407 e. The van der Waals surface area contributed by atoms with E-state index < -0.39 is 22.2 Å². The Hall–Kier alpha value is -8.65. The van der Waals surface area contributed by atoms with Crippen LogP contribution in [0.1, 0.15) is 229 Å². The van der Waals surface area contributed by atoms with Crippen molar-refractivity contribution in [2.45, 2.75) is 259 Å². The standard InChI is InChI=1S/C25H31FN2O4.C24H32N2O3.C23H30FNO2.C23H32N2O3S.C22H29NO2/c1-15(29)24-9-16-7-18(10-24)25(19(8-16)11-24,17-3-5-20(26)6-4-17)12-22(30)28-13-21(14-28)27-23(31)32-2;1-15-16-8-19-10-17(15)11-20(9-16)24(19,18-6-4-3-5-7-18)12-22(27)26-13-21(14-26)29-23(28)25-2;1-14-15-7-18-9-16(14)10-19(8-15)23(18,17-3-5-20(24)6-4-17)11-22(26)25-12-21(13-25)27-2;1-15-16-8-19-10-17(15)11-20(9-16)23(19,18-6-4-3-5-7-18)12-22(26)25-13-21(14-25)24-29(2,27)28;1-14-15-7-18-9-16(14)10-19(8-15)22(18,17-5-3-2-4-6-17)11-21(25)23-12-20(24)13-23/h3-6,16,18-19,21H,7-14H2,1-2H3,(H,27,31);3-7,15-17,19-21H,8-14H2,1-2H3,(H,25,28);3-6,14-16,18-19,21H,7-13H2,1-2H3;3-7,15-17,19-21,24H,8-14H2,1-2H3;2-6,14-16,18-20,24H,7-13H2,1H3. The van der Waals surface area contributed by atoms with Crippen LogP contribution < -0.4 is 15.4 Å². The summed E-state index contributed by atoms with van der Waals surface area (Å²) in [6.07, 6.45) is 27.8. The SMILES string of the molecule is CC1C2CC3CC1CC(C2)C3(CC(=O)N1CC(NS(C)(=O)=O)C1)c1ccccc1.CC1C2CC3CC1CC(C2)C3(CC(=O)N1CC(O)C1)c1ccccc1.CNC(=O)OC1CN(C(=O)CC2(c3ccccc3)C3CC4CC2CC(C3)C4C)C1.COC(=O)NC1CN(C(=O)CC2(c3ccc(F)cc3)C3CC4CC2CC(C(C)=O)(C4)C3)C1.COC1CN(C(=O)CC2(c3ccc(F)cc3)C3CC4CC2CC(C3)C4C)C1. The molecule has 2 atom stereocenters. The first kappa shape index (κ1) is 99.3. The number of ketones is 1. The van der Waals surface area contributed by atoms with Gasteiger partial charge >= 0.3 is 12.2 Å². The molecule has 20 bridgehead atoms. The molecule has 2 unspecified atom stereocenters. The lowest BCUT2D eigenvalue weighted by Crippen LogP contribution is -2.64. The van der Waals surface area contributed by atoms with E-state index in [9.17, 15) is 60.7 Å². The van der Waals surface area contributed by atoms with Crippen molar-refractivity contribution < 1.29 is 74.9 Å². The number of ether oxygens (including phenoxy) is 3. The molecule has 30 rings (SSSR count). The fourth-order valence-electron chi connectivity index (χ4n) is 35.9. The molecular formula is C117H154F2N8O14S. The molecule has 0 spiro atoms. The van der Waals surface area contributed by atoms with E-state index in [1.54, 1.807) is 38.1 Å². The van der Waals surface area contributed by atoms with Gasteiger partial charge in [0.1, 0.15) is 23.5 Å². The normalized spacial score (nSPS) is 38.8. The van der Waals surface area contributed by atoms with Gasteiger partial charge in [-0.1, -0.05) is 143 Å². The van der Waals surface area contributed by atoms with E-state index in [1.807, 2.05) is 43.9 Å². The first-order valence-electron chi connectivity index (χ1n) is 54.6. The quantitative estimate of drug-likeness (QED) is 0.0532. The van der Waals surface area contributed by atoms with Crippen LogP contribution >= 0.6 is 0 Å². The Morgan fingerprint density at radius 1 is 0.366 bits per heavy atom. The van der Waals surface area contributed by atoms with Crippen LogP contribution in [0, 0.1) is 153 Å². The van der Waals surface area contributed by atoms with E-state index in [0.717, 1.165) is 109 Å². The second-order valence-corrected chi connectivity index (χ2v) is 51.2. The number of aliphatic hydroxyl groups excluding tert-OH is 1. The average molecular weight is 1970 g/mol. The first-order valence-corrected chi connectivity index (χ1v) is 56.5. The average Bonchev–Trinajstić information content (AvgIpc) is 0.498. The lowest BCUT2D eigenvalue weighted by molar-refractivity contribution is -0.160. The second kappa shape index (κ2) is 38.9. The van der Waals surface area contributed by atoms with Crippen LogP contribution in [0.25, 0.3) is 0 Å². The molecule has 766 valence electrons. The number of alkyl carbamates (subject to hydrolysis) is 2. The molecule has 25 aliphatic rings. The number of aliphatic hydroxyl groups is 1. The number of likely N-dealkylation sites (tertiary alicyclic amines) is 5. The van der Waals surface area contributed by atoms with Gasteiger partial charge in [-0.15, -0.1) is 0 Å². The first-order chi connectivity index (χ1) is 68.1. The lowest BCUT2D eigenvalue weighted by Gasteiger charge is -2.65. The third kappa shape index (κ3) is 17.8. The Kier molecular flexibility index (Phi) is 27.2. The van der Waals surface area contributed by atoms with Crippen LogP contribution in [0.5, 0.6) is 0 Å². The van der Waals surface area contributed by atoms with Crippen molar-refractivity contribution >= 4 is 57.5 Å². The summed E-state index contributed by atoms with van der Waals surface area (Å²) in [5, 5.41) is 14.8. The number of Topliss-reactive ketones (excluding diaryl/α,β-unsaturated/α-hetero) is 1. The van der Waals surface area contributed by atoms with Crippen LogP contribution in [0.4, 0.5) is 18.4 Å². The maximum Gasteiger partial charge on any atom is 0.407 e. The Balaban J connectivity index is 0.000000105. The molecule has 25 heteroatoms. The molecule has 142 heavy (non-hydrogen) atoms. The molecule has 5 saturated heterocycles. The van der Waals surface area contributed by atoms with Crippen molar-refractivity contribution in [2.75, 3.05) is 93.0 Å². The number of benzene rings is 5. The van der Waals surface area contributed by atoms with Gasteiger partial charge in [0.05, 0.1) is 50.7 Å². The maximum atomic E-state index is 13.8. The summed E-state index contributed by atoms with van der Waals surface area (Å²) in [6.45, 7) is 17.0. The number of amides is 7. The van der Waals surface area contributed by atoms with Crippen LogP contribution in [-0.2, 0) is 80.1 Å². The zero-order chi connectivity index (χ0) is 99.2. The topological polar surface area (TPSA) is 271 Å². The zero-order valence-electron chi connectivity index (χ0n) is 85.1. The van der Waals surface area contributed by atoms with Crippen molar-refractivity contribution in [3.8, 4) is 0 Å². The number of β-amino-alcohol motifs (C(OH)–C–C–N with tert-alkyl or cyclic N) is 1. The van der Waals surface area contributed by atoms with Gasteiger partial charge in [0.2, 0.25) is 39.6 Å². The van der Waals surface area contributed by atoms with E-state index in [1.165, 1.54) is 150 Å². The van der Waals surface area contributed by atoms with Gasteiger partial charge in [-0.3, -0.25) is 28.8 Å². The summed E-state index contributed by atoms with van der Waals surface area (Å²) in [7, 11) is 1.37. The minimum absolute atomic E-state index is 0.0157. The van der Waals surface area contributed by atoms with E-state index in [2.05, 4.69) is 139 Å². The van der Waals surface area contributed by atoms with Crippen LogP contribution in [-0.4, -0.2) is 209 Å². The number of nitrogens with one attached hydrogen (secondary N) is 3. The highest BCUT2D eigenvalue weighted by Gasteiger charge is 2.69. The molecule has 5 aromatic carbocycles. The largest absolute Gasteiger partial charge is 0.453 e. The molecule has 4 N–H and O–H groups in total. The molecule has 5 aliphatic heterocycles. The summed E-state index contributed by atoms with van der Waals surface area (Å²) in [5.74, 6) is 16.9. The van der Waals surface area contributed by atoms with Crippen molar-refractivity contribution in [3.05, 3.63) is 179 Å². The number of halogens is 2. The third-order valence-electron chi connectivity index (χ3n) is 43.3. The predicted octanol–water partition coefficient (Wildman–Crippen LogP) is 17.0. The highest BCUT2D eigenvalue weighted by molar-refractivity contribution is 7.88. The summed E-state index contributed by atoms with van der Waals surface area (Å²) >= 11 is 0. The molecule has 20 aliphatic carbocycles. The van der Waals surface area contributed by atoms with Crippen molar-refractivity contribution in [1.29, 1.82) is 0 Å². The monoisotopic (exact) mass is 1970 g/mol. The minimum Gasteiger partial charge on any atom is -0.453 e. The number of carbonyl (C=O) groups excluding carboxylic acids is 8. The summed E-state index contributed by atoms with van der Waals surface area (Å²) in [6, 6.07) is 46.1. The molecule has 0 radical (unpaired) electrons. The Morgan fingerprint density at radius 2 is 0.641 bits per heavy atom. The van der Waals surface area contributed by atoms with Crippen LogP contribution in [0.15, 0.2) is 140 Å². The Labute approximate surface area is 839 Å². The van der Waals surface area contributed by atoms with Gasteiger partial charge in [0.15, 0.2) is 0 Å². The highest BCUT2D eigenvalue weighted by Crippen LogP contribution is 2.73. The Bertz CT molecular complexity index is 5450. The molecule has 0 aromatic heterocycles. The fraction of sp³-hybridized carbons (Fsp3) is 0.675. The maximum absolute atomic E-state index is 13.8. The number of sulfonamides is 1. The number of nitrogens with zero attached hydrogens (tertiary/aromatic N) is 5. The van der Waals surface area contributed by atoms with E-state index in [0.29, 0.717) is 151 Å². The molecular weight excluding hydrogens is 1810 g/mol. The predicted molar refractivity (Wildman–Crippen MR) is 537 cm³/mol. The van der Waals surface area contributed by atoms with Gasteiger partial charge in [-0.05, 0) is 330 Å². The highest BCUT2D eigenvalue weighted by atomic mass is 32.2. The summed E-state index contributed by atoms with van der Waals surface area (Å²) < 4.78 is 68.2. The lowest BCUT2D eigenvalue weighted by atomic mass is 9.38. The minimum atomic E-state index is -3.22. The van der Waals surface area contributed by atoms with Crippen LogP contribution in [0.3, 0.4) is 0 Å². The van der Waals surface area contributed by atoms with Crippen molar-refractivity contribution in [3.63, 3.8) is 0 Å². The number of hydrogen-bond donors (Lipinski definition) is 4. The molecule has 7 amide bonds. The molecule has 5 heterocycles. The number of methoxy groups -OCH3 is 2. The van der Waals surface area contributed by atoms with Gasteiger partial charge < -0.3 is 54.5 Å². The molecule has 20 saturated carbocycles. The van der Waals surface area contributed by atoms with Gasteiger partial charge in [0.25, 0.3) is 0 Å². The van der Waals surface area contributed by atoms with E-state index in [-0.39, 0.29) is 122 Å². The number of rotatable bonds is 21. The molecule has 22 nitrogen and oxygen atoms in total. The van der Waals surface area contributed by atoms with Crippen molar-refractivity contribution in [2.24, 2.45) is 142 Å². The fourth-order valence-corrected chi connectivity index (χ4v) is 36.7. The molecule has 25 fully saturated rings. The second-order valence-electron chi connectivity index (χ2n) is 49.4.